The number of hydrogen-bond acceptors (Lipinski definition) is 4. The van der Waals surface area contributed by atoms with Crippen LogP contribution in [0.25, 0.3) is 0 Å². The first kappa shape index (κ1) is 18.2. The largest absolute Gasteiger partial charge is 0.396 e. The molecular weight excluding hydrogens is 316 g/mol. The number of piperidine rings is 1. The number of hydrogen-bond donors (Lipinski definition) is 3. The summed E-state index contributed by atoms with van der Waals surface area (Å²) in [7, 11) is 0. The molecule has 5 heteroatoms. The SMILES string of the molecule is O=C(NC1CCCCCC1CO)c1ccc(N2CCC(O)CC2)cc1. The molecule has 1 heterocycles. The van der Waals surface area contributed by atoms with Crippen LogP contribution < -0.4 is 10.2 Å². The second kappa shape index (κ2) is 8.68. The monoisotopic (exact) mass is 346 g/mol. The summed E-state index contributed by atoms with van der Waals surface area (Å²) in [5.74, 6) is 0.122. The Balaban J connectivity index is 1.60. The molecular formula is C20H30N2O3. The Morgan fingerprint density at radius 1 is 1.04 bits per heavy atom. The first-order chi connectivity index (χ1) is 12.2. The van der Waals surface area contributed by atoms with E-state index in [9.17, 15) is 15.0 Å². The Morgan fingerprint density at radius 3 is 2.40 bits per heavy atom. The summed E-state index contributed by atoms with van der Waals surface area (Å²) in [5, 5.41) is 22.3. The number of carbonyl (C=O) groups is 1. The van der Waals surface area contributed by atoms with Crippen LogP contribution in [0.5, 0.6) is 0 Å². The highest BCUT2D eigenvalue weighted by atomic mass is 16.3. The predicted octanol–water partition coefficient (Wildman–Crippen LogP) is 2.32. The van der Waals surface area contributed by atoms with Crippen LogP contribution in [0.1, 0.15) is 55.3 Å². The highest BCUT2D eigenvalue weighted by molar-refractivity contribution is 5.94. The van der Waals surface area contributed by atoms with Crippen molar-refractivity contribution in [2.24, 2.45) is 5.92 Å². The highest BCUT2D eigenvalue weighted by Gasteiger charge is 2.25. The van der Waals surface area contributed by atoms with Gasteiger partial charge in [-0.15, -0.1) is 0 Å². The van der Waals surface area contributed by atoms with Crippen LogP contribution in [0.15, 0.2) is 24.3 Å². The van der Waals surface area contributed by atoms with Crippen molar-refractivity contribution in [3.05, 3.63) is 29.8 Å². The Labute approximate surface area is 150 Å². The Kier molecular flexibility index (Phi) is 6.32. The third-order valence-electron chi connectivity index (χ3n) is 5.67. The molecule has 2 fully saturated rings. The van der Waals surface area contributed by atoms with Crippen LogP contribution in [-0.4, -0.2) is 48.0 Å². The number of aliphatic hydroxyl groups is 2. The van der Waals surface area contributed by atoms with Crippen LogP contribution in [0.3, 0.4) is 0 Å². The number of anilines is 1. The maximum absolute atomic E-state index is 12.6. The Bertz CT molecular complexity index is 553. The highest BCUT2D eigenvalue weighted by Crippen LogP contribution is 2.24. The van der Waals surface area contributed by atoms with Crippen LogP contribution in [0, 0.1) is 5.92 Å². The maximum Gasteiger partial charge on any atom is 0.251 e. The van der Waals surface area contributed by atoms with Gasteiger partial charge in [0, 0.05) is 42.9 Å². The summed E-state index contributed by atoms with van der Waals surface area (Å²) in [5.41, 5.74) is 1.77. The van der Waals surface area contributed by atoms with Crippen molar-refractivity contribution in [2.45, 2.75) is 57.1 Å². The van der Waals surface area contributed by atoms with E-state index in [1.165, 1.54) is 6.42 Å². The van der Waals surface area contributed by atoms with Crippen LogP contribution in [0.2, 0.25) is 0 Å². The molecule has 1 saturated heterocycles. The number of carbonyl (C=O) groups excluding carboxylic acids is 1. The fourth-order valence-electron chi connectivity index (χ4n) is 3.99. The van der Waals surface area contributed by atoms with Gasteiger partial charge in [-0.3, -0.25) is 4.79 Å². The third kappa shape index (κ3) is 4.73. The Hall–Kier alpha value is -1.59. The van der Waals surface area contributed by atoms with Gasteiger partial charge in [-0.2, -0.15) is 0 Å². The van der Waals surface area contributed by atoms with E-state index in [4.69, 9.17) is 0 Å². The molecule has 0 spiro atoms. The van der Waals surface area contributed by atoms with Crippen molar-refractivity contribution in [3.63, 3.8) is 0 Å². The molecule has 1 amide bonds. The number of benzene rings is 1. The zero-order valence-electron chi connectivity index (χ0n) is 14.9. The molecule has 0 radical (unpaired) electrons. The fourth-order valence-corrected chi connectivity index (χ4v) is 3.99. The van der Waals surface area contributed by atoms with Gasteiger partial charge in [0.2, 0.25) is 0 Å². The molecule has 3 rings (SSSR count). The van der Waals surface area contributed by atoms with Crippen LogP contribution in [-0.2, 0) is 0 Å². The lowest BCUT2D eigenvalue weighted by molar-refractivity contribution is 0.0899. The van der Waals surface area contributed by atoms with E-state index < -0.39 is 0 Å². The van der Waals surface area contributed by atoms with E-state index in [2.05, 4.69) is 10.2 Å². The molecule has 2 unspecified atom stereocenters. The molecule has 5 nitrogen and oxygen atoms in total. The number of amides is 1. The topological polar surface area (TPSA) is 72.8 Å². The van der Waals surface area contributed by atoms with Crippen molar-refractivity contribution in [1.82, 2.24) is 5.32 Å². The molecule has 138 valence electrons. The van der Waals surface area contributed by atoms with E-state index in [1.807, 2.05) is 24.3 Å². The fraction of sp³-hybridized carbons (Fsp3) is 0.650. The van der Waals surface area contributed by atoms with Crippen molar-refractivity contribution in [1.29, 1.82) is 0 Å². The third-order valence-corrected chi connectivity index (χ3v) is 5.67. The molecule has 2 aliphatic rings. The van der Waals surface area contributed by atoms with Crippen molar-refractivity contribution < 1.29 is 15.0 Å². The summed E-state index contributed by atoms with van der Waals surface area (Å²) < 4.78 is 0. The van der Waals surface area contributed by atoms with Gasteiger partial charge < -0.3 is 20.4 Å². The van der Waals surface area contributed by atoms with Crippen molar-refractivity contribution in [3.8, 4) is 0 Å². The molecule has 2 atom stereocenters. The van der Waals surface area contributed by atoms with E-state index >= 15 is 0 Å². The Morgan fingerprint density at radius 2 is 1.72 bits per heavy atom. The standard InChI is InChI=1S/C20H30N2O3/c23-14-16-4-2-1-3-5-19(16)21-20(25)15-6-8-17(9-7-15)22-12-10-18(24)11-13-22/h6-9,16,18-19,23-24H,1-5,10-14H2,(H,21,25). The zero-order chi connectivity index (χ0) is 17.6. The van der Waals surface area contributed by atoms with Gasteiger partial charge in [0.25, 0.3) is 5.91 Å². The molecule has 0 aromatic heterocycles. The first-order valence-corrected chi connectivity index (χ1v) is 9.62. The second-order valence-corrected chi connectivity index (χ2v) is 7.43. The lowest BCUT2D eigenvalue weighted by atomic mass is 9.95. The van der Waals surface area contributed by atoms with E-state index in [0.717, 1.165) is 57.3 Å². The minimum absolute atomic E-state index is 0.0500. The van der Waals surface area contributed by atoms with Gasteiger partial charge in [0.05, 0.1) is 6.10 Å². The summed E-state index contributed by atoms with van der Waals surface area (Å²) in [6.07, 6.45) is 6.78. The summed E-state index contributed by atoms with van der Waals surface area (Å²) in [4.78, 5) is 14.8. The summed E-state index contributed by atoms with van der Waals surface area (Å²) in [6.45, 7) is 1.85. The summed E-state index contributed by atoms with van der Waals surface area (Å²) >= 11 is 0. The maximum atomic E-state index is 12.6. The van der Waals surface area contributed by atoms with Gasteiger partial charge >= 0.3 is 0 Å². The lowest BCUT2D eigenvalue weighted by Gasteiger charge is -2.31. The van der Waals surface area contributed by atoms with Crippen molar-refractivity contribution in [2.75, 3.05) is 24.6 Å². The molecule has 1 aliphatic heterocycles. The van der Waals surface area contributed by atoms with E-state index in [1.54, 1.807) is 0 Å². The van der Waals surface area contributed by atoms with Gasteiger partial charge in [0.15, 0.2) is 0 Å². The first-order valence-electron chi connectivity index (χ1n) is 9.62. The van der Waals surface area contributed by atoms with Gasteiger partial charge in [-0.05, 0) is 49.9 Å². The minimum Gasteiger partial charge on any atom is -0.396 e. The minimum atomic E-state index is -0.180. The molecule has 1 aliphatic carbocycles. The normalized spacial score (nSPS) is 25.4. The number of aliphatic hydroxyl groups excluding tert-OH is 2. The second-order valence-electron chi connectivity index (χ2n) is 7.43. The number of nitrogens with zero attached hydrogens (tertiary/aromatic N) is 1. The lowest BCUT2D eigenvalue weighted by Crippen LogP contribution is -2.41. The number of rotatable bonds is 4. The average Bonchev–Trinajstić information content (AvgIpc) is 2.87. The molecule has 1 saturated carbocycles. The average molecular weight is 346 g/mol. The molecule has 1 aromatic carbocycles. The smallest absolute Gasteiger partial charge is 0.251 e. The summed E-state index contributed by atoms with van der Waals surface area (Å²) in [6, 6.07) is 7.80. The van der Waals surface area contributed by atoms with Crippen LogP contribution >= 0.6 is 0 Å². The predicted molar refractivity (Wildman–Crippen MR) is 98.8 cm³/mol. The van der Waals surface area contributed by atoms with E-state index in [-0.39, 0.29) is 30.6 Å². The molecule has 1 aromatic rings. The zero-order valence-corrected chi connectivity index (χ0v) is 14.9. The number of nitrogens with one attached hydrogen (secondary N) is 1. The molecule has 3 N–H and O–H groups in total. The van der Waals surface area contributed by atoms with E-state index in [0.29, 0.717) is 5.56 Å². The molecule has 0 bridgehead atoms. The van der Waals surface area contributed by atoms with Crippen molar-refractivity contribution >= 4 is 11.6 Å². The van der Waals surface area contributed by atoms with Gasteiger partial charge in [-0.25, -0.2) is 0 Å². The van der Waals surface area contributed by atoms with Gasteiger partial charge in [0.1, 0.15) is 0 Å². The molecule has 25 heavy (non-hydrogen) atoms. The van der Waals surface area contributed by atoms with Crippen LogP contribution in [0.4, 0.5) is 5.69 Å². The van der Waals surface area contributed by atoms with Gasteiger partial charge in [-0.1, -0.05) is 19.3 Å². The quantitative estimate of drug-likeness (QED) is 0.732.